The molecular formula is C28H44N2O3. The number of carbonyl (C=O) groups is 2. The van der Waals surface area contributed by atoms with E-state index in [4.69, 9.17) is 0 Å². The van der Waals surface area contributed by atoms with Crippen molar-refractivity contribution < 1.29 is 14.7 Å². The van der Waals surface area contributed by atoms with Crippen LogP contribution in [0.25, 0.3) is 10.9 Å². The lowest BCUT2D eigenvalue weighted by Crippen LogP contribution is -2.47. The van der Waals surface area contributed by atoms with Crippen LogP contribution in [0.15, 0.2) is 30.3 Å². The van der Waals surface area contributed by atoms with E-state index in [1.165, 1.54) is 64.2 Å². The summed E-state index contributed by atoms with van der Waals surface area (Å²) in [5, 5.41) is 13.7. The number of rotatable bonds is 18. The molecule has 1 heterocycles. The molecule has 1 aromatic heterocycles. The van der Waals surface area contributed by atoms with Crippen molar-refractivity contribution in [1.29, 1.82) is 0 Å². The van der Waals surface area contributed by atoms with Gasteiger partial charge >= 0.3 is 0 Å². The molecule has 0 unspecified atom stereocenters. The molecule has 5 heteroatoms. The third-order valence-electron chi connectivity index (χ3n) is 6.42. The highest BCUT2D eigenvalue weighted by Gasteiger charge is 2.26. The van der Waals surface area contributed by atoms with Gasteiger partial charge in [-0.1, -0.05) is 102 Å². The lowest BCUT2D eigenvalue weighted by Gasteiger charge is -2.20. The van der Waals surface area contributed by atoms with Gasteiger partial charge in [0, 0.05) is 17.3 Å². The fourth-order valence-corrected chi connectivity index (χ4v) is 4.36. The monoisotopic (exact) mass is 456 g/mol. The largest absolute Gasteiger partial charge is 0.391 e. The maximum atomic E-state index is 12.6. The minimum absolute atomic E-state index is 0.0995. The number of aromatic amines is 1. The predicted octanol–water partition coefficient (Wildman–Crippen LogP) is 6.70. The van der Waals surface area contributed by atoms with Crippen LogP contribution in [-0.2, 0) is 4.79 Å². The zero-order chi connectivity index (χ0) is 23.9. The zero-order valence-electron chi connectivity index (χ0n) is 20.7. The summed E-state index contributed by atoms with van der Waals surface area (Å²) in [7, 11) is 0. The number of carbonyl (C=O) groups excluding carboxylic acids is 2. The highest BCUT2D eigenvalue weighted by atomic mass is 16.3. The fourth-order valence-electron chi connectivity index (χ4n) is 4.36. The van der Waals surface area contributed by atoms with Crippen LogP contribution >= 0.6 is 0 Å². The van der Waals surface area contributed by atoms with E-state index in [2.05, 4.69) is 17.2 Å². The molecule has 33 heavy (non-hydrogen) atoms. The molecule has 0 aliphatic carbocycles. The molecule has 0 radical (unpaired) electrons. The number of benzene rings is 1. The van der Waals surface area contributed by atoms with E-state index in [0.29, 0.717) is 12.1 Å². The number of hydrogen-bond donors (Lipinski definition) is 3. The van der Waals surface area contributed by atoms with Crippen LogP contribution in [0.1, 0.15) is 114 Å². The van der Waals surface area contributed by atoms with Crippen molar-refractivity contribution in [3.8, 4) is 0 Å². The number of Topliss-reactive ketones (excluding diaryl/α,β-unsaturated/α-hetero) is 1. The van der Waals surface area contributed by atoms with E-state index in [1.54, 1.807) is 13.0 Å². The van der Waals surface area contributed by atoms with Crippen molar-refractivity contribution in [1.82, 2.24) is 10.3 Å². The number of para-hydroxylation sites is 1. The average molecular weight is 457 g/mol. The van der Waals surface area contributed by atoms with Gasteiger partial charge in [-0.05, 0) is 25.5 Å². The second-order valence-corrected chi connectivity index (χ2v) is 9.42. The van der Waals surface area contributed by atoms with E-state index < -0.39 is 12.1 Å². The van der Waals surface area contributed by atoms with E-state index >= 15 is 0 Å². The number of nitrogens with one attached hydrogen (secondary N) is 2. The highest BCUT2D eigenvalue weighted by molar-refractivity contribution is 6.00. The fraction of sp³-hybridized carbons (Fsp3) is 0.643. The normalized spacial score (nSPS) is 13.2. The average Bonchev–Trinajstić information content (AvgIpc) is 3.24. The summed E-state index contributed by atoms with van der Waals surface area (Å²) in [4.78, 5) is 28.3. The Morgan fingerprint density at radius 3 is 1.97 bits per heavy atom. The summed E-state index contributed by atoms with van der Waals surface area (Å²) in [6.07, 6.45) is 15.8. The molecule has 1 aromatic carbocycles. The number of aliphatic hydroxyl groups is 1. The Bertz CT molecular complexity index is 794. The van der Waals surface area contributed by atoms with Crippen molar-refractivity contribution in [3.63, 3.8) is 0 Å². The van der Waals surface area contributed by atoms with Gasteiger partial charge in [-0.3, -0.25) is 9.59 Å². The Morgan fingerprint density at radius 2 is 1.42 bits per heavy atom. The van der Waals surface area contributed by atoms with Crippen molar-refractivity contribution in [2.75, 3.05) is 0 Å². The van der Waals surface area contributed by atoms with Crippen LogP contribution < -0.4 is 5.32 Å². The molecule has 0 spiro atoms. The van der Waals surface area contributed by atoms with Gasteiger partial charge in [0.15, 0.2) is 5.78 Å². The van der Waals surface area contributed by atoms with Crippen molar-refractivity contribution in [2.45, 2.75) is 116 Å². The molecule has 3 N–H and O–H groups in total. The molecule has 0 aliphatic rings. The lowest BCUT2D eigenvalue weighted by molar-refractivity contribution is -0.123. The smallest absolute Gasteiger partial charge is 0.268 e. The first-order chi connectivity index (χ1) is 16.0. The van der Waals surface area contributed by atoms with Gasteiger partial charge in [0.2, 0.25) is 0 Å². The van der Waals surface area contributed by atoms with E-state index in [9.17, 15) is 14.7 Å². The Hall–Kier alpha value is -2.14. The molecule has 0 fully saturated rings. The second kappa shape index (κ2) is 15.7. The number of aromatic nitrogens is 1. The summed E-state index contributed by atoms with van der Waals surface area (Å²) >= 11 is 0. The van der Waals surface area contributed by atoms with Gasteiger partial charge in [-0.15, -0.1) is 0 Å². The molecule has 0 bridgehead atoms. The van der Waals surface area contributed by atoms with Crippen LogP contribution in [0.5, 0.6) is 0 Å². The number of ketones is 1. The quantitative estimate of drug-likeness (QED) is 0.218. The molecular weight excluding hydrogens is 412 g/mol. The van der Waals surface area contributed by atoms with E-state index in [1.807, 2.05) is 24.3 Å². The third-order valence-corrected chi connectivity index (χ3v) is 6.42. The molecule has 0 saturated carbocycles. The van der Waals surface area contributed by atoms with Crippen molar-refractivity contribution >= 4 is 22.6 Å². The first kappa shape index (κ1) is 27.1. The molecule has 2 aromatic rings. The standard InChI is InChI=1S/C28H44N2O3/c1-3-4-5-6-7-8-9-10-11-12-13-14-15-20-26(32)27(22(2)31)30-28(33)25-21-23-18-16-17-19-24(23)29-25/h16-19,21-22,27,29,31H,3-15,20H2,1-2H3,(H,30,33)/t22-,27+/m1/s1. The van der Waals surface area contributed by atoms with Crippen LogP contribution in [0, 0.1) is 0 Å². The predicted molar refractivity (Wildman–Crippen MR) is 137 cm³/mol. The topological polar surface area (TPSA) is 82.2 Å². The van der Waals surface area contributed by atoms with Crippen molar-refractivity contribution in [2.24, 2.45) is 0 Å². The number of H-pyrrole nitrogens is 1. The second-order valence-electron chi connectivity index (χ2n) is 9.42. The number of aliphatic hydroxyl groups excluding tert-OH is 1. The Kier molecular flexibility index (Phi) is 12.9. The maximum absolute atomic E-state index is 12.6. The molecule has 2 atom stereocenters. The molecule has 2 rings (SSSR count). The maximum Gasteiger partial charge on any atom is 0.268 e. The van der Waals surface area contributed by atoms with Crippen LogP contribution in [0.4, 0.5) is 0 Å². The summed E-state index contributed by atoms with van der Waals surface area (Å²) in [5.41, 5.74) is 1.27. The molecule has 184 valence electrons. The number of fused-ring (bicyclic) bond motifs is 1. The third kappa shape index (κ3) is 10.1. The minimum Gasteiger partial charge on any atom is -0.391 e. The van der Waals surface area contributed by atoms with Crippen LogP contribution in [0.2, 0.25) is 0 Å². The Balaban J connectivity index is 1.59. The Morgan fingerprint density at radius 1 is 0.879 bits per heavy atom. The lowest BCUT2D eigenvalue weighted by atomic mass is 10.00. The Labute approximate surface area is 199 Å². The molecule has 0 saturated heterocycles. The van der Waals surface area contributed by atoms with E-state index in [-0.39, 0.29) is 11.7 Å². The van der Waals surface area contributed by atoms with Crippen LogP contribution in [0.3, 0.4) is 0 Å². The van der Waals surface area contributed by atoms with Gasteiger partial charge in [0.05, 0.1) is 6.10 Å². The SMILES string of the molecule is CCCCCCCCCCCCCCCC(=O)[C@@H](NC(=O)c1cc2ccccc2[nH]1)[C@@H](C)O. The van der Waals surface area contributed by atoms with Gasteiger partial charge in [-0.2, -0.15) is 0 Å². The van der Waals surface area contributed by atoms with Crippen molar-refractivity contribution in [3.05, 3.63) is 36.0 Å². The molecule has 5 nitrogen and oxygen atoms in total. The van der Waals surface area contributed by atoms with Gasteiger partial charge in [-0.25, -0.2) is 0 Å². The first-order valence-corrected chi connectivity index (χ1v) is 13.1. The number of unbranched alkanes of at least 4 members (excludes halogenated alkanes) is 12. The molecule has 0 aliphatic heterocycles. The summed E-state index contributed by atoms with van der Waals surface area (Å²) in [6, 6.07) is 8.53. The van der Waals surface area contributed by atoms with Gasteiger partial charge in [0.1, 0.15) is 11.7 Å². The zero-order valence-corrected chi connectivity index (χ0v) is 20.7. The van der Waals surface area contributed by atoms with E-state index in [0.717, 1.165) is 30.2 Å². The van der Waals surface area contributed by atoms with Gasteiger partial charge in [0.25, 0.3) is 5.91 Å². The number of amides is 1. The minimum atomic E-state index is -0.923. The highest BCUT2D eigenvalue weighted by Crippen LogP contribution is 2.16. The molecule has 1 amide bonds. The first-order valence-electron chi connectivity index (χ1n) is 13.1. The van der Waals surface area contributed by atoms with Gasteiger partial charge < -0.3 is 15.4 Å². The summed E-state index contributed by atoms with van der Waals surface area (Å²) in [6.45, 7) is 3.81. The summed E-state index contributed by atoms with van der Waals surface area (Å²) in [5.74, 6) is -0.464. The summed E-state index contributed by atoms with van der Waals surface area (Å²) < 4.78 is 0. The number of hydrogen-bond acceptors (Lipinski definition) is 3. The van der Waals surface area contributed by atoms with Crippen LogP contribution in [-0.4, -0.2) is 33.9 Å².